The van der Waals surface area contributed by atoms with Crippen molar-refractivity contribution in [2.24, 2.45) is 0 Å². The van der Waals surface area contributed by atoms with E-state index in [0.29, 0.717) is 0 Å². The first-order valence-electron chi connectivity index (χ1n) is 7.64. The highest BCUT2D eigenvalue weighted by molar-refractivity contribution is 5.12. The van der Waals surface area contributed by atoms with Gasteiger partial charge in [-0.1, -0.05) is 99.5 Å². The van der Waals surface area contributed by atoms with E-state index in [0.717, 1.165) is 0 Å². The van der Waals surface area contributed by atoms with Gasteiger partial charge in [0.2, 0.25) is 0 Å². The molecule has 0 unspecified atom stereocenters. The van der Waals surface area contributed by atoms with Crippen LogP contribution in [0.2, 0.25) is 0 Å². The van der Waals surface area contributed by atoms with E-state index in [1.165, 1.54) is 11.1 Å². The zero-order valence-corrected chi connectivity index (χ0v) is 15.2. The van der Waals surface area contributed by atoms with Gasteiger partial charge in [0.1, 0.15) is 0 Å². The minimum atomic E-state index is 1.32. The van der Waals surface area contributed by atoms with Crippen LogP contribution in [0.25, 0.3) is 0 Å². The van der Waals surface area contributed by atoms with Gasteiger partial charge in [-0.2, -0.15) is 0 Å². The Bertz CT molecular complexity index is 317. The standard InChI is InChI=1S/2C7H8.C2H6O.2C2H6/c2*1-7-5-3-2-4-6-7;1-3-2;2*1-2/h2*2-6H,1H3;1-2H3;2*1-2H3. The number of ether oxygens (including phenoxy) is 1. The summed E-state index contributed by atoms with van der Waals surface area (Å²) in [4.78, 5) is 0. The molecule has 0 saturated heterocycles. The average molecular weight is 290 g/mol. The molecule has 21 heavy (non-hydrogen) atoms. The molecule has 2 aromatic rings. The van der Waals surface area contributed by atoms with Crippen LogP contribution in [0.5, 0.6) is 0 Å². The van der Waals surface area contributed by atoms with E-state index in [-0.39, 0.29) is 0 Å². The lowest BCUT2D eigenvalue weighted by molar-refractivity contribution is 0.277. The van der Waals surface area contributed by atoms with Gasteiger partial charge in [-0.25, -0.2) is 0 Å². The molecule has 2 rings (SSSR count). The van der Waals surface area contributed by atoms with Crippen molar-refractivity contribution >= 4 is 0 Å². The zero-order chi connectivity index (χ0) is 16.9. The molecule has 0 aliphatic rings. The Morgan fingerprint density at radius 3 is 0.810 bits per heavy atom. The molecule has 120 valence electrons. The summed E-state index contributed by atoms with van der Waals surface area (Å²) in [5.74, 6) is 0. The number of hydrogen-bond acceptors (Lipinski definition) is 1. The predicted molar refractivity (Wildman–Crippen MR) is 98.0 cm³/mol. The Balaban J connectivity index is -0.000000219. The SMILES string of the molecule is CC.CC.COC.Cc1ccccc1.Cc1ccccc1. The lowest BCUT2D eigenvalue weighted by atomic mass is 10.2. The molecule has 2 aromatic carbocycles. The summed E-state index contributed by atoms with van der Waals surface area (Å²) in [6, 6.07) is 20.5. The van der Waals surface area contributed by atoms with Crippen LogP contribution in [0.4, 0.5) is 0 Å². The van der Waals surface area contributed by atoms with E-state index in [1.807, 2.05) is 64.1 Å². The van der Waals surface area contributed by atoms with Gasteiger partial charge in [-0.3, -0.25) is 0 Å². The number of methoxy groups -OCH3 is 1. The predicted octanol–water partition coefficient (Wildman–Crippen LogP) is 6.31. The van der Waals surface area contributed by atoms with Gasteiger partial charge in [0.25, 0.3) is 0 Å². The highest BCUT2D eigenvalue weighted by Gasteiger charge is 1.72. The van der Waals surface area contributed by atoms with Gasteiger partial charge in [0.05, 0.1) is 0 Å². The van der Waals surface area contributed by atoms with Crippen molar-refractivity contribution in [2.75, 3.05) is 14.2 Å². The third kappa shape index (κ3) is 23.9. The second-order valence-electron chi connectivity index (χ2n) is 3.72. The molecule has 0 aliphatic heterocycles. The van der Waals surface area contributed by atoms with Crippen LogP contribution in [0.15, 0.2) is 60.7 Å². The smallest absolute Gasteiger partial charge is 0.0351 e. The number of aryl methyl sites for hydroxylation is 2. The van der Waals surface area contributed by atoms with Crippen LogP contribution in [0.3, 0.4) is 0 Å². The molecule has 0 spiro atoms. The quantitative estimate of drug-likeness (QED) is 0.553. The Kier molecular flexibility index (Phi) is 27.3. The highest BCUT2D eigenvalue weighted by atomic mass is 16.4. The molecule has 0 atom stereocenters. The van der Waals surface area contributed by atoms with Gasteiger partial charge < -0.3 is 4.74 Å². The van der Waals surface area contributed by atoms with Crippen molar-refractivity contribution in [3.63, 3.8) is 0 Å². The molecular weight excluding hydrogens is 256 g/mol. The molecule has 0 bridgehead atoms. The maximum Gasteiger partial charge on any atom is 0.0351 e. The van der Waals surface area contributed by atoms with Crippen LogP contribution in [-0.4, -0.2) is 14.2 Å². The highest BCUT2D eigenvalue weighted by Crippen LogP contribution is 1.92. The minimum absolute atomic E-state index is 1.32. The summed E-state index contributed by atoms with van der Waals surface area (Å²) in [6.07, 6.45) is 0. The van der Waals surface area contributed by atoms with E-state index >= 15 is 0 Å². The molecule has 0 amide bonds. The Hall–Kier alpha value is -1.60. The van der Waals surface area contributed by atoms with Gasteiger partial charge >= 0.3 is 0 Å². The van der Waals surface area contributed by atoms with Crippen molar-refractivity contribution in [3.8, 4) is 0 Å². The fraction of sp³-hybridized carbons (Fsp3) is 0.400. The monoisotopic (exact) mass is 290 g/mol. The molecule has 1 heteroatoms. The largest absolute Gasteiger partial charge is 0.388 e. The van der Waals surface area contributed by atoms with Crippen molar-refractivity contribution in [1.82, 2.24) is 0 Å². The Labute approximate surface area is 133 Å². The molecule has 0 aromatic heterocycles. The Morgan fingerprint density at radius 2 is 0.714 bits per heavy atom. The van der Waals surface area contributed by atoms with E-state index in [4.69, 9.17) is 0 Å². The minimum Gasteiger partial charge on any atom is -0.388 e. The summed E-state index contributed by atoms with van der Waals surface area (Å²) in [7, 11) is 3.25. The molecular formula is C20H34O. The van der Waals surface area contributed by atoms with Crippen LogP contribution in [0.1, 0.15) is 38.8 Å². The first-order valence-corrected chi connectivity index (χ1v) is 7.64. The molecule has 0 saturated carbocycles. The molecule has 0 radical (unpaired) electrons. The summed E-state index contributed by atoms with van der Waals surface area (Å²) in [5, 5.41) is 0. The van der Waals surface area contributed by atoms with E-state index in [9.17, 15) is 0 Å². The molecule has 0 fully saturated rings. The number of benzene rings is 2. The van der Waals surface area contributed by atoms with Gasteiger partial charge in [-0.15, -0.1) is 0 Å². The van der Waals surface area contributed by atoms with Crippen molar-refractivity contribution < 1.29 is 4.74 Å². The lowest BCUT2D eigenvalue weighted by Crippen LogP contribution is -1.62. The third-order valence-corrected chi connectivity index (χ3v) is 1.88. The van der Waals surface area contributed by atoms with Crippen molar-refractivity contribution in [2.45, 2.75) is 41.5 Å². The maximum atomic E-state index is 4.25. The second-order valence-corrected chi connectivity index (χ2v) is 3.72. The molecule has 0 aliphatic carbocycles. The topological polar surface area (TPSA) is 9.23 Å². The first-order chi connectivity index (χ1) is 10.2. The fourth-order valence-electron chi connectivity index (χ4n) is 1.07. The number of rotatable bonds is 0. The van der Waals surface area contributed by atoms with Crippen LogP contribution < -0.4 is 0 Å². The van der Waals surface area contributed by atoms with E-state index in [1.54, 1.807) is 14.2 Å². The maximum absolute atomic E-state index is 4.25. The average Bonchev–Trinajstić information content (AvgIpc) is 2.54. The fourth-order valence-corrected chi connectivity index (χ4v) is 1.07. The van der Waals surface area contributed by atoms with Gasteiger partial charge in [0.15, 0.2) is 0 Å². The van der Waals surface area contributed by atoms with E-state index < -0.39 is 0 Å². The molecule has 0 N–H and O–H groups in total. The second kappa shape index (κ2) is 23.5. The van der Waals surface area contributed by atoms with Crippen LogP contribution in [0, 0.1) is 13.8 Å². The van der Waals surface area contributed by atoms with Gasteiger partial charge in [0, 0.05) is 14.2 Å². The molecule has 0 heterocycles. The summed E-state index contributed by atoms with van der Waals surface area (Å²) in [6.45, 7) is 12.2. The van der Waals surface area contributed by atoms with Crippen molar-refractivity contribution in [1.29, 1.82) is 0 Å². The summed E-state index contributed by atoms with van der Waals surface area (Å²) >= 11 is 0. The van der Waals surface area contributed by atoms with Crippen molar-refractivity contribution in [3.05, 3.63) is 71.8 Å². The Morgan fingerprint density at radius 1 is 0.524 bits per heavy atom. The third-order valence-electron chi connectivity index (χ3n) is 1.88. The normalized spacial score (nSPS) is 7.24. The van der Waals surface area contributed by atoms with Crippen LogP contribution in [-0.2, 0) is 4.74 Å². The number of hydrogen-bond donors (Lipinski definition) is 0. The summed E-state index contributed by atoms with van der Waals surface area (Å²) < 4.78 is 4.25. The van der Waals surface area contributed by atoms with Crippen LogP contribution >= 0.6 is 0 Å². The zero-order valence-electron chi connectivity index (χ0n) is 15.2. The lowest BCUT2D eigenvalue weighted by Gasteiger charge is -1.82. The summed E-state index contributed by atoms with van der Waals surface area (Å²) in [5.41, 5.74) is 2.64. The van der Waals surface area contributed by atoms with E-state index in [2.05, 4.69) is 42.8 Å². The van der Waals surface area contributed by atoms with Gasteiger partial charge in [-0.05, 0) is 13.8 Å². The molecule has 1 nitrogen and oxygen atoms in total. The first kappa shape index (κ1) is 24.4.